The van der Waals surface area contributed by atoms with Crippen LogP contribution in [0.5, 0.6) is 0 Å². The molecule has 0 aliphatic rings. The third-order valence-corrected chi connectivity index (χ3v) is 6.85. The van der Waals surface area contributed by atoms with Crippen molar-refractivity contribution in [3.63, 3.8) is 0 Å². The van der Waals surface area contributed by atoms with Crippen molar-refractivity contribution in [3.05, 3.63) is 94.0 Å². The van der Waals surface area contributed by atoms with E-state index in [-0.39, 0.29) is 38.9 Å². The molecule has 3 aromatic carbocycles. The Bertz CT molecular complexity index is 1300. The van der Waals surface area contributed by atoms with Crippen LogP contribution in [0.1, 0.15) is 28.9 Å². The molecule has 1 atom stereocenters. The van der Waals surface area contributed by atoms with E-state index in [9.17, 15) is 18.0 Å². The number of hydrogen-bond acceptors (Lipinski definition) is 4. The van der Waals surface area contributed by atoms with Crippen molar-refractivity contribution in [1.82, 2.24) is 5.32 Å². The molecule has 0 aliphatic heterocycles. The van der Waals surface area contributed by atoms with Crippen molar-refractivity contribution in [3.8, 4) is 0 Å². The van der Waals surface area contributed by atoms with Crippen LogP contribution >= 0.6 is 23.2 Å². The number of halogens is 2. The number of anilines is 2. The lowest BCUT2D eigenvalue weighted by Crippen LogP contribution is -2.37. The predicted molar refractivity (Wildman–Crippen MR) is 136 cm³/mol. The number of benzene rings is 3. The standard InChI is InChI=1S/C24H23Cl2N3O4S/c1-16(17-8-4-3-5-9-17)27-24(31)19-10-6-7-11-22(19)28-23(30)15-29(34(2,32)33)18-12-13-20(25)21(26)14-18/h3-14,16H,15H2,1-2H3,(H,27,31)(H,28,30)/t16-/m1/s1. The number of hydrogen-bond donors (Lipinski definition) is 2. The van der Waals surface area contributed by atoms with Crippen LogP contribution in [0.15, 0.2) is 72.8 Å². The fourth-order valence-electron chi connectivity index (χ4n) is 3.25. The smallest absolute Gasteiger partial charge is 0.253 e. The first-order valence-electron chi connectivity index (χ1n) is 10.2. The molecule has 10 heteroatoms. The maximum atomic E-state index is 12.9. The van der Waals surface area contributed by atoms with E-state index >= 15 is 0 Å². The Morgan fingerprint density at radius 3 is 2.24 bits per heavy atom. The lowest BCUT2D eigenvalue weighted by atomic mass is 10.1. The number of para-hydroxylation sites is 1. The molecule has 0 fully saturated rings. The molecule has 178 valence electrons. The Balaban J connectivity index is 1.78. The van der Waals surface area contributed by atoms with Gasteiger partial charge in [0.05, 0.1) is 39.3 Å². The van der Waals surface area contributed by atoms with Crippen LogP contribution in [0.3, 0.4) is 0 Å². The molecule has 0 saturated carbocycles. The normalized spacial score (nSPS) is 12.0. The summed E-state index contributed by atoms with van der Waals surface area (Å²) in [7, 11) is -3.82. The molecule has 0 saturated heterocycles. The largest absolute Gasteiger partial charge is 0.345 e. The van der Waals surface area contributed by atoms with Gasteiger partial charge in [-0.05, 0) is 42.8 Å². The Hall–Kier alpha value is -3.07. The second-order valence-electron chi connectivity index (χ2n) is 7.57. The lowest BCUT2D eigenvalue weighted by molar-refractivity contribution is -0.114. The van der Waals surface area contributed by atoms with E-state index in [4.69, 9.17) is 23.2 Å². The lowest BCUT2D eigenvalue weighted by Gasteiger charge is -2.22. The van der Waals surface area contributed by atoms with Gasteiger partial charge < -0.3 is 10.6 Å². The number of amides is 2. The van der Waals surface area contributed by atoms with Gasteiger partial charge in [0, 0.05) is 0 Å². The zero-order chi connectivity index (χ0) is 24.9. The molecule has 0 heterocycles. The molecule has 3 rings (SSSR count). The fourth-order valence-corrected chi connectivity index (χ4v) is 4.39. The van der Waals surface area contributed by atoms with Gasteiger partial charge in [0.15, 0.2) is 0 Å². The molecule has 0 unspecified atom stereocenters. The molecule has 2 amide bonds. The first-order chi connectivity index (χ1) is 16.1. The van der Waals surface area contributed by atoms with Crippen LogP contribution in [0.4, 0.5) is 11.4 Å². The van der Waals surface area contributed by atoms with Gasteiger partial charge in [-0.1, -0.05) is 65.7 Å². The minimum absolute atomic E-state index is 0.155. The fraction of sp³-hybridized carbons (Fsp3) is 0.167. The monoisotopic (exact) mass is 519 g/mol. The van der Waals surface area contributed by atoms with E-state index in [1.807, 2.05) is 37.3 Å². The maximum Gasteiger partial charge on any atom is 0.253 e. The number of carbonyl (C=O) groups is 2. The van der Waals surface area contributed by atoms with E-state index in [1.54, 1.807) is 24.3 Å². The number of nitrogens with zero attached hydrogens (tertiary/aromatic N) is 1. The molecule has 3 aromatic rings. The van der Waals surface area contributed by atoms with Crippen molar-refractivity contribution >= 4 is 56.4 Å². The van der Waals surface area contributed by atoms with Gasteiger partial charge in [0.1, 0.15) is 6.54 Å². The Morgan fingerprint density at radius 2 is 1.59 bits per heavy atom. The average molecular weight is 520 g/mol. The summed E-state index contributed by atoms with van der Waals surface area (Å²) in [6.45, 7) is 1.34. The van der Waals surface area contributed by atoms with E-state index < -0.39 is 22.5 Å². The summed E-state index contributed by atoms with van der Waals surface area (Å²) in [6.07, 6.45) is 0.981. The zero-order valence-corrected chi connectivity index (χ0v) is 20.8. The Kier molecular flexibility index (Phi) is 8.19. The Morgan fingerprint density at radius 1 is 0.941 bits per heavy atom. The van der Waals surface area contributed by atoms with Gasteiger partial charge in [0.25, 0.3) is 5.91 Å². The minimum atomic E-state index is -3.82. The average Bonchev–Trinajstić information content (AvgIpc) is 2.79. The van der Waals surface area contributed by atoms with Crippen LogP contribution < -0.4 is 14.9 Å². The second-order valence-corrected chi connectivity index (χ2v) is 10.3. The van der Waals surface area contributed by atoms with Gasteiger partial charge >= 0.3 is 0 Å². The maximum absolute atomic E-state index is 12.9. The van der Waals surface area contributed by atoms with Gasteiger partial charge in [-0.15, -0.1) is 0 Å². The number of sulfonamides is 1. The summed E-state index contributed by atoms with van der Waals surface area (Å²) >= 11 is 11.9. The van der Waals surface area contributed by atoms with Crippen molar-refractivity contribution < 1.29 is 18.0 Å². The molecule has 0 spiro atoms. The van der Waals surface area contributed by atoms with Gasteiger partial charge in [-0.3, -0.25) is 13.9 Å². The summed E-state index contributed by atoms with van der Waals surface area (Å²) in [5, 5.41) is 5.96. The minimum Gasteiger partial charge on any atom is -0.345 e. The third-order valence-electron chi connectivity index (χ3n) is 4.97. The highest BCUT2D eigenvalue weighted by molar-refractivity contribution is 7.92. The van der Waals surface area contributed by atoms with Crippen molar-refractivity contribution in [2.75, 3.05) is 22.4 Å². The van der Waals surface area contributed by atoms with Crippen LogP contribution in [0.25, 0.3) is 0 Å². The molecule has 0 bridgehead atoms. The highest BCUT2D eigenvalue weighted by atomic mass is 35.5. The molecular formula is C24H23Cl2N3O4S. The summed E-state index contributed by atoms with van der Waals surface area (Å²) in [4.78, 5) is 25.7. The van der Waals surface area contributed by atoms with Gasteiger partial charge in [0.2, 0.25) is 15.9 Å². The van der Waals surface area contributed by atoms with Gasteiger partial charge in [-0.25, -0.2) is 8.42 Å². The predicted octanol–water partition coefficient (Wildman–Crippen LogP) is 4.89. The van der Waals surface area contributed by atoms with Crippen LogP contribution in [0.2, 0.25) is 10.0 Å². The highest BCUT2D eigenvalue weighted by Gasteiger charge is 2.23. The van der Waals surface area contributed by atoms with Crippen molar-refractivity contribution in [2.24, 2.45) is 0 Å². The van der Waals surface area contributed by atoms with E-state index in [1.165, 1.54) is 18.2 Å². The van der Waals surface area contributed by atoms with E-state index in [2.05, 4.69) is 10.6 Å². The zero-order valence-electron chi connectivity index (χ0n) is 18.5. The quantitative estimate of drug-likeness (QED) is 0.442. The van der Waals surface area contributed by atoms with Crippen LogP contribution in [-0.2, 0) is 14.8 Å². The first kappa shape index (κ1) is 25.6. The van der Waals surface area contributed by atoms with Crippen LogP contribution in [-0.4, -0.2) is 33.0 Å². The summed E-state index contributed by atoms with van der Waals surface area (Å²) < 4.78 is 25.6. The molecule has 2 N–H and O–H groups in total. The van der Waals surface area contributed by atoms with Crippen molar-refractivity contribution in [1.29, 1.82) is 0 Å². The SMILES string of the molecule is C[C@@H](NC(=O)c1ccccc1NC(=O)CN(c1ccc(Cl)c(Cl)c1)S(C)(=O)=O)c1ccccc1. The molecule has 0 aromatic heterocycles. The topological polar surface area (TPSA) is 95.6 Å². The number of rotatable bonds is 8. The second kappa shape index (κ2) is 10.9. The molecule has 0 aliphatic carbocycles. The molecule has 7 nitrogen and oxygen atoms in total. The third kappa shape index (κ3) is 6.50. The summed E-state index contributed by atoms with van der Waals surface area (Å²) in [6, 6.07) is 20.0. The van der Waals surface area contributed by atoms with E-state index in [0.29, 0.717) is 0 Å². The van der Waals surface area contributed by atoms with Gasteiger partial charge in [-0.2, -0.15) is 0 Å². The summed E-state index contributed by atoms with van der Waals surface area (Å²) in [5.41, 5.74) is 1.63. The highest BCUT2D eigenvalue weighted by Crippen LogP contribution is 2.28. The van der Waals surface area contributed by atoms with Crippen molar-refractivity contribution in [2.45, 2.75) is 13.0 Å². The van der Waals surface area contributed by atoms with E-state index in [0.717, 1.165) is 16.1 Å². The van der Waals surface area contributed by atoms with Crippen LogP contribution in [0, 0.1) is 0 Å². The first-order valence-corrected chi connectivity index (χ1v) is 12.8. The number of nitrogens with one attached hydrogen (secondary N) is 2. The Labute approximate surface area is 208 Å². The molecule has 0 radical (unpaired) electrons. The molecule has 34 heavy (non-hydrogen) atoms. The molecular weight excluding hydrogens is 497 g/mol. The number of carbonyl (C=O) groups excluding carboxylic acids is 2. The summed E-state index contributed by atoms with van der Waals surface area (Å²) in [5.74, 6) is -1.01.